The first-order valence-electron chi connectivity index (χ1n) is 3.49. The van der Waals surface area contributed by atoms with Gasteiger partial charge in [-0.1, -0.05) is 0 Å². The molecule has 0 atom stereocenters. The van der Waals surface area contributed by atoms with Crippen molar-refractivity contribution < 1.29 is 4.79 Å². The van der Waals surface area contributed by atoms with Crippen LogP contribution in [0.2, 0.25) is 0 Å². The maximum atomic E-state index is 10.6. The summed E-state index contributed by atoms with van der Waals surface area (Å²) >= 11 is 0. The van der Waals surface area contributed by atoms with E-state index >= 15 is 0 Å². The van der Waals surface area contributed by atoms with E-state index in [2.05, 4.69) is 5.32 Å². The van der Waals surface area contributed by atoms with Crippen LogP contribution in [0, 0.1) is 0 Å². The van der Waals surface area contributed by atoms with Gasteiger partial charge in [-0.2, -0.15) is 0 Å². The molecule has 0 saturated carbocycles. The summed E-state index contributed by atoms with van der Waals surface area (Å²) in [6.45, 7) is 4.03. The Labute approximate surface area is 62.4 Å². The SMILES string of the molecule is CNCCN(C)CC(C)=O. The lowest BCUT2D eigenvalue weighted by molar-refractivity contribution is -0.117. The van der Waals surface area contributed by atoms with Crippen molar-refractivity contribution in [1.82, 2.24) is 10.2 Å². The summed E-state index contributed by atoms with van der Waals surface area (Å²) in [5.41, 5.74) is 0. The first-order chi connectivity index (χ1) is 4.66. The highest BCUT2D eigenvalue weighted by molar-refractivity contribution is 5.77. The van der Waals surface area contributed by atoms with Crippen LogP contribution in [0.4, 0.5) is 0 Å². The number of Topliss-reactive ketones (excluding diaryl/α,β-unsaturated/α-hetero) is 1. The average Bonchev–Trinajstić information content (AvgIpc) is 1.82. The normalized spacial score (nSPS) is 10.4. The van der Waals surface area contributed by atoms with E-state index in [4.69, 9.17) is 0 Å². The summed E-state index contributed by atoms with van der Waals surface area (Å²) in [5.74, 6) is 0.221. The van der Waals surface area contributed by atoms with Gasteiger partial charge in [0.15, 0.2) is 0 Å². The Morgan fingerprint density at radius 1 is 1.60 bits per heavy atom. The minimum atomic E-state index is 0.221. The van der Waals surface area contributed by atoms with E-state index in [-0.39, 0.29) is 5.78 Å². The molecule has 0 aliphatic carbocycles. The van der Waals surface area contributed by atoms with Crippen molar-refractivity contribution in [3.8, 4) is 0 Å². The van der Waals surface area contributed by atoms with E-state index in [1.165, 1.54) is 0 Å². The predicted molar refractivity (Wildman–Crippen MR) is 42.1 cm³/mol. The largest absolute Gasteiger partial charge is 0.318 e. The molecule has 0 aromatic rings. The highest BCUT2D eigenvalue weighted by Gasteiger charge is 1.98. The fraction of sp³-hybridized carbons (Fsp3) is 0.857. The summed E-state index contributed by atoms with van der Waals surface area (Å²) < 4.78 is 0. The number of hydrogen-bond donors (Lipinski definition) is 1. The quantitative estimate of drug-likeness (QED) is 0.576. The summed E-state index contributed by atoms with van der Waals surface area (Å²) in [6.07, 6.45) is 0. The Balaban J connectivity index is 3.25. The third-order valence-corrected chi connectivity index (χ3v) is 1.24. The van der Waals surface area contributed by atoms with E-state index < -0.39 is 0 Å². The highest BCUT2D eigenvalue weighted by atomic mass is 16.1. The molecule has 0 bridgehead atoms. The fourth-order valence-corrected chi connectivity index (χ4v) is 0.762. The minimum absolute atomic E-state index is 0.221. The Morgan fingerprint density at radius 3 is 2.60 bits per heavy atom. The van der Waals surface area contributed by atoms with Gasteiger partial charge in [-0.05, 0) is 21.0 Å². The lowest BCUT2D eigenvalue weighted by Crippen LogP contribution is -2.30. The molecular weight excluding hydrogens is 128 g/mol. The van der Waals surface area contributed by atoms with Crippen molar-refractivity contribution in [2.45, 2.75) is 6.92 Å². The van der Waals surface area contributed by atoms with Gasteiger partial charge in [0.2, 0.25) is 0 Å². The van der Waals surface area contributed by atoms with Crippen molar-refractivity contribution in [3.05, 3.63) is 0 Å². The van der Waals surface area contributed by atoms with Crippen molar-refractivity contribution in [1.29, 1.82) is 0 Å². The Bertz CT molecular complexity index is 104. The number of rotatable bonds is 5. The molecule has 0 saturated heterocycles. The van der Waals surface area contributed by atoms with Gasteiger partial charge in [-0.15, -0.1) is 0 Å². The number of nitrogens with one attached hydrogen (secondary N) is 1. The third-order valence-electron chi connectivity index (χ3n) is 1.24. The smallest absolute Gasteiger partial charge is 0.143 e. The number of ketones is 1. The van der Waals surface area contributed by atoms with Gasteiger partial charge in [-0.25, -0.2) is 0 Å². The van der Waals surface area contributed by atoms with Crippen molar-refractivity contribution in [3.63, 3.8) is 0 Å². The van der Waals surface area contributed by atoms with Gasteiger partial charge in [0, 0.05) is 13.1 Å². The molecule has 0 aromatic heterocycles. The van der Waals surface area contributed by atoms with Crippen LogP contribution in [0.1, 0.15) is 6.92 Å². The van der Waals surface area contributed by atoms with E-state index in [0.29, 0.717) is 6.54 Å². The van der Waals surface area contributed by atoms with Crippen molar-refractivity contribution >= 4 is 5.78 Å². The fourth-order valence-electron chi connectivity index (χ4n) is 0.762. The molecular formula is C7H16N2O. The van der Waals surface area contributed by atoms with Crippen LogP contribution in [-0.2, 0) is 4.79 Å². The van der Waals surface area contributed by atoms with Crippen LogP contribution in [0.3, 0.4) is 0 Å². The molecule has 0 fully saturated rings. The Morgan fingerprint density at radius 2 is 2.20 bits per heavy atom. The second kappa shape index (κ2) is 5.38. The monoisotopic (exact) mass is 144 g/mol. The van der Waals surface area contributed by atoms with E-state index in [1.807, 2.05) is 19.0 Å². The number of carbonyl (C=O) groups excluding carboxylic acids is 1. The van der Waals surface area contributed by atoms with Crippen LogP contribution in [0.15, 0.2) is 0 Å². The van der Waals surface area contributed by atoms with Crippen LogP contribution in [0.5, 0.6) is 0 Å². The van der Waals surface area contributed by atoms with Gasteiger partial charge in [0.05, 0.1) is 6.54 Å². The molecule has 0 radical (unpaired) electrons. The first-order valence-corrected chi connectivity index (χ1v) is 3.49. The zero-order valence-corrected chi connectivity index (χ0v) is 6.98. The first kappa shape index (κ1) is 9.59. The number of likely N-dealkylation sites (N-methyl/N-ethyl adjacent to an activating group) is 2. The predicted octanol–water partition coefficient (Wildman–Crippen LogP) is -0.273. The summed E-state index contributed by atoms with van der Waals surface area (Å²) in [7, 11) is 3.85. The Hall–Kier alpha value is -0.410. The van der Waals surface area contributed by atoms with Crippen LogP contribution >= 0.6 is 0 Å². The van der Waals surface area contributed by atoms with E-state index in [0.717, 1.165) is 13.1 Å². The van der Waals surface area contributed by atoms with Gasteiger partial charge < -0.3 is 5.32 Å². The molecule has 0 heterocycles. The zero-order valence-electron chi connectivity index (χ0n) is 6.98. The number of hydrogen-bond acceptors (Lipinski definition) is 3. The van der Waals surface area contributed by atoms with Gasteiger partial charge in [-0.3, -0.25) is 9.69 Å². The maximum Gasteiger partial charge on any atom is 0.143 e. The molecule has 0 spiro atoms. The second-order valence-electron chi connectivity index (χ2n) is 2.54. The molecule has 0 aliphatic rings. The lowest BCUT2D eigenvalue weighted by Gasteiger charge is -2.13. The average molecular weight is 144 g/mol. The highest BCUT2D eigenvalue weighted by Crippen LogP contribution is 1.80. The lowest BCUT2D eigenvalue weighted by atomic mass is 10.4. The molecule has 1 N–H and O–H groups in total. The van der Waals surface area contributed by atoms with Crippen LogP contribution < -0.4 is 5.32 Å². The van der Waals surface area contributed by atoms with Crippen molar-refractivity contribution in [2.75, 3.05) is 33.7 Å². The van der Waals surface area contributed by atoms with Crippen LogP contribution in [0.25, 0.3) is 0 Å². The molecule has 0 unspecified atom stereocenters. The molecule has 0 aliphatic heterocycles. The molecule has 0 amide bonds. The standard InChI is InChI=1S/C7H16N2O/c1-7(10)6-9(3)5-4-8-2/h8H,4-6H2,1-3H3. The second-order valence-corrected chi connectivity index (χ2v) is 2.54. The van der Waals surface area contributed by atoms with E-state index in [9.17, 15) is 4.79 Å². The van der Waals surface area contributed by atoms with Gasteiger partial charge >= 0.3 is 0 Å². The summed E-state index contributed by atoms with van der Waals surface area (Å²) in [4.78, 5) is 12.6. The Kier molecular flexibility index (Phi) is 5.16. The minimum Gasteiger partial charge on any atom is -0.318 e. The maximum absolute atomic E-state index is 10.6. The molecule has 3 heteroatoms. The summed E-state index contributed by atoms with van der Waals surface area (Å²) in [6, 6.07) is 0. The molecule has 0 rings (SSSR count). The van der Waals surface area contributed by atoms with Gasteiger partial charge in [0.1, 0.15) is 5.78 Å². The zero-order chi connectivity index (χ0) is 7.98. The molecule has 60 valence electrons. The molecule has 0 aromatic carbocycles. The topological polar surface area (TPSA) is 32.3 Å². The molecule has 10 heavy (non-hydrogen) atoms. The van der Waals surface area contributed by atoms with E-state index in [1.54, 1.807) is 6.92 Å². The molecule has 3 nitrogen and oxygen atoms in total. The number of nitrogens with zero attached hydrogens (tertiary/aromatic N) is 1. The van der Waals surface area contributed by atoms with Gasteiger partial charge in [0.25, 0.3) is 0 Å². The number of carbonyl (C=O) groups is 1. The third kappa shape index (κ3) is 5.72. The van der Waals surface area contributed by atoms with Crippen molar-refractivity contribution in [2.24, 2.45) is 0 Å². The van der Waals surface area contributed by atoms with Crippen LogP contribution in [-0.4, -0.2) is 44.4 Å². The summed E-state index contributed by atoms with van der Waals surface area (Å²) in [5, 5.41) is 3.02.